The Labute approximate surface area is 111 Å². The van der Waals surface area contributed by atoms with Crippen molar-refractivity contribution in [2.75, 3.05) is 0 Å². The van der Waals surface area contributed by atoms with Crippen molar-refractivity contribution < 1.29 is 27.1 Å². The molecule has 106 valence electrons. The Bertz CT molecular complexity index is 618. The molecule has 0 spiro atoms. The van der Waals surface area contributed by atoms with Crippen molar-refractivity contribution in [3.8, 4) is 0 Å². The van der Waals surface area contributed by atoms with Crippen LogP contribution in [0.1, 0.15) is 17.2 Å². The summed E-state index contributed by atoms with van der Waals surface area (Å²) in [6.45, 7) is 0. The molecule has 0 amide bonds. The van der Waals surface area contributed by atoms with Gasteiger partial charge in [-0.25, -0.2) is 22.0 Å². The first-order valence-corrected chi connectivity index (χ1v) is 5.65. The number of hydrogen-bond acceptors (Lipinski definition) is 1. The monoisotopic (exact) mass is 288 g/mol. The maximum absolute atomic E-state index is 13.4. The molecule has 1 N–H and O–H groups in total. The fourth-order valence-electron chi connectivity index (χ4n) is 1.89. The quantitative estimate of drug-likeness (QED) is 0.855. The van der Waals surface area contributed by atoms with Gasteiger partial charge < -0.3 is 5.11 Å². The Morgan fingerprint density at radius 1 is 0.900 bits per heavy atom. The first-order chi connectivity index (χ1) is 9.40. The summed E-state index contributed by atoms with van der Waals surface area (Å²) in [7, 11) is 0. The average Bonchev–Trinajstić information content (AvgIpc) is 2.33. The number of benzene rings is 2. The minimum Gasteiger partial charge on any atom is -0.388 e. The Hall–Kier alpha value is -1.95. The van der Waals surface area contributed by atoms with Crippen LogP contribution in [0.25, 0.3) is 0 Å². The molecule has 0 bridgehead atoms. The molecule has 1 atom stereocenters. The molecule has 0 aliphatic heterocycles. The average molecular weight is 288 g/mol. The molecule has 0 saturated heterocycles. The maximum Gasteiger partial charge on any atom is 0.162 e. The maximum atomic E-state index is 13.4. The Kier molecular flexibility index (Phi) is 4.04. The van der Waals surface area contributed by atoms with Crippen LogP contribution in [0, 0.1) is 29.1 Å². The summed E-state index contributed by atoms with van der Waals surface area (Å²) in [5.74, 6) is -6.03. The van der Waals surface area contributed by atoms with Crippen LogP contribution in [0.2, 0.25) is 0 Å². The minimum absolute atomic E-state index is 0.236. The van der Waals surface area contributed by atoms with Gasteiger partial charge in [-0.1, -0.05) is 12.1 Å². The van der Waals surface area contributed by atoms with Gasteiger partial charge in [0.25, 0.3) is 0 Å². The number of aliphatic hydroxyl groups excluding tert-OH is 1. The summed E-state index contributed by atoms with van der Waals surface area (Å²) in [5, 5.41) is 9.75. The second-order valence-corrected chi connectivity index (χ2v) is 4.22. The highest BCUT2D eigenvalue weighted by atomic mass is 19.2. The van der Waals surface area contributed by atoms with Crippen molar-refractivity contribution in [3.05, 3.63) is 70.5 Å². The van der Waals surface area contributed by atoms with Gasteiger partial charge in [0.05, 0.1) is 11.7 Å². The standard InChI is InChI=1S/C14H9F5O/c15-8-5-10(17)13(11(18)6-8)12(20)4-7-2-1-3-9(16)14(7)19/h1-3,5-6,12,20H,4H2. The topological polar surface area (TPSA) is 20.2 Å². The molecular formula is C14H9F5O. The molecule has 0 heterocycles. The van der Waals surface area contributed by atoms with E-state index < -0.39 is 47.2 Å². The fourth-order valence-corrected chi connectivity index (χ4v) is 1.89. The molecule has 0 aliphatic carbocycles. The smallest absolute Gasteiger partial charge is 0.162 e. The molecule has 20 heavy (non-hydrogen) atoms. The predicted octanol–water partition coefficient (Wildman–Crippen LogP) is 3.66. The molecule has 6 heteroatoms. The van der Waals surface area contributed by atoms with Crippen LogP contribution in [-0.2, 0) is 6.42 Å². The van der Waals surface area contributed by atoms with E-state index in [0.29, 0.717) is 12.1 Å². The van der Waals surface area contributed by atoms with Crippen molar-refractivity contribution >= 4 is 0 Å². The van der Waals surface area contributed by atoms with Crippen molar-refractivity contribution in [1.82, 2.24) is 0 Å². The van der Waals surface area contributed by atoms with Crippen LogP contribution in [0.15, 0.2) is 30.3 Å². The summed E-state index contributed by atoms with van der Waals surface area (Å²) < 4.78 is 66.0. The van der Waals surface area contributed by atoms with E-state index in [1.807, 2.05) is 0 Å². The zero-order valence-electron chi connectivity index (χ0n) is 10.0. The molecule has 0 saturated carbocycles. The first kappa shape index (κ1) is 14.5. The molecule has 0 aromatic heterocycles. The van der Waals surface area contributed by atoms with Gasteiger partial charge in [-0.15, -0.1) is 0 Å². The van der Waals surface area contributed by atoms with E-state index in [1.165, 1.54) is 12.1 Å². The number of aliphatic hydroxyl groups is 1. The molecule has 1 nitrogen and oxygen atoms in total. The van der Waals surface area contributed by atoms with E-state index in [0.717, 1.165) is 6.07 Å². The molecule has 1 unspecified atom stereocenters. The molecule has 0 aliphatic rings. The van der Waals surface area contributed by atoms with Gasteiger partial charge in [0.1, 0.15) is 17.5 Å². The fraction of sp³-hybridized carbons (Fsp3) is 0.143. The van der Waals surface area contributed by atoms with Crippen LogP contribution < -0.4 is 0 Å². The second-order valence-electron chi connectivity index (χ2n) is 4.22. The van der Waals surface area contributed by atoms with Gasteiger partial charge in [0, 0.05) is 18.6 Å². The lowest BCUT2D eigenvalue weighted by Gasteiger charge is -2.14. The third-order valence-corrected chi connectivity index (χ3v) is 2.82. The van der Waals surface area contributed by atoms with Crippen LogP contribution in [0.3, 0.4) is 0 Å². The molecule has 0 radical (unpaired) electrons. The summed E-state index contributed by atoms with van der Waals surface area (Å²) in [4.78, 5) is 0. The lowest BCUT2D eigenvalue weighted by molar-refractivity contribution is 0.166. The summed E-state index contributed by atoms with van der Waals surface area (Å²) in [6.07, 6.45) is -2.30. The highest BCUT2D eigenvalue weighted by molar-refractivity contribution is 5.27. The minimum atomic E-state index is -1.76. The zero-order valence-corrected chi connectivity index (χ0v) is 10.0. The van der Waals surface area contributed by atoms with Crippen LogP contribution in [-0.4, -0.2) is 5.11 Å². The molecular weight excluding hydrogens is 279 g/mol. The van der Waals surface area contributed by atoms with E-state index in [-0.39, 0.29) is 5.56 Å². The number of rotatable bonds is 3. The van der Waals surface area contributed by atoms with E-state index >= 15 is 0 Å². The summed E-state index contributed by atoms with van der Waals surface area (Å²) >= 11 is 0. The van der Waals surface area contributed by atoms with Gasteiger partial charge >= 0.3 is 0 Å². The van der Waals surface area contributed by atoms with Crippen molar-refractivity contribution in [3.63, 3.8) is 0 Å². The first-order valence-electron chi connectivity index (χ1n) is 5.65. The third-order valence-electron chi connectivity index (χ3n) is 2.82. The molecule has 2 aromatic rings. The predicted molar refractivity (Wildman–Crippen MR) is 61.3 cm³/mol. The summed E-state index contributed by atoms with van der Waals surface area (Å²) in [6, 6.07) is 4.08. The zero-order chi connectivity index (χ0) is 14.9. The van der Waals surface area contributed by atoms with E-state index in [4.69, 9.17) is 0 Å². The molecule has 2 aromatic carbocycles. The van der Waals surface area contributed by atoms with Crippen LogP contribution in [0.4, 0.5) is 22.0 Å². The Morgan fingerprint density at radius 2 is 1.50 bits per heavy atom. The second kappa shape index (κ2) is 5.58. The van der Waals surface area contributed by atoms with E-state index in [2.05, 4.69) is 0 Å². The van der Waals surface area contributed by atoms with Gasteiger partial charge in [0.2, 0.25) is 0 Å². The lowest BCUT2D eigenvalue weighted by Crippen LogP contribution is -2.09. The third kappa shape index (κ3) is 2.80. The lowest BCUT2D eigenvalue weighted by atomic mass is 10.00. The highest BCUT2D eigenvalue weighted by Crippen LogP contribution is 2.26. The molecule has 2 rings (SSSR count). The normalized spacial score (nSPS) is 12.5. The number of halogens is 5. The van der Waals surface area contributed by atoms with Gasteiger partial charge in [-0.05, 0) is 11.6 Å². The molecule has 0 fully saturated rings. The van der Waals surface area contributed by atoms with Gasteiger partial charge in [-0.2, -0.15) is 0 Å². The van der Waals surface area contributed by atoms with Gasteiger partial charge in [0.15, 0.2) is 11.6 Å². The van der Waals surface area contributed by atoms with Crippen molar-refractivity contribution in [1.29, 1.82) is 0 Å². The van der Waals surface area contributed by atoms with E-state index in [1.54, 1.807) is 0 Å². The van der Waals surface area contributed by atoms with Crippen molar-refractivity contribution in [2.45, 2.75) is 12.5 Å². The van der Waals surface area contributed by atoms with Crippen LogP contribution in [0.5, 0.6) is 0 Å². The Balaban J connectivity index is 2.33. The van der Waals surface area contributed by atoms with Crippen LogP contribution >= 0.6 is 0 Å². The van der Waals surface area contributed by atoms with E-state index in [9.17, 15) is 27.1 Å². The number of hydrogen-bond donors (Lipinski definition) is 1. The SMILES string of the molecule is OC(Cc1cccc(F)c1F)c1c(F)cc(F)cc1F. The largest absolute Gasteiger partial charge is 0.388 e. The summed E-state index contributed by atoms with van der Waals surface area (Å²) in [5.41, 5.74) is -1.02. The van der Waals surface area contributed by atoms with Crippen molar-refractivity contribution in [2.24, 2.45) is 0 Å². The van der Waals surface area contributed by atoms with Gasteiger partial charge in [-0.3, -0.25) is 0 Å². The highest BCUT2D eigenvalue weighted by Gasteiger charge is 2.21. The Morgan fingerprint density at radius 3 is 2.10 bits per heavy atom.